The molecule has 0 amide bonds. The van der Waals surface area contributed by atoms with E-state index < -0.39 is 0 Å². The van der Waals surface area contributed by atoms with Gasteiger partial charge < -0.3 is 4.48 Å². The van der Waals surface area contributed by atoms with Gasteiger partial charge in [-0.15, -0.1) is 0 Å². The molecule has 0 radical (unpaired) electrons. The fourth-order valence-corrected chi connectivity index (χ4v) is 5.23. The summed E-state index contributed by atoms with van der Waals surface area (Å²) in [6.07, 6.45) is 38.0. The van der Waals surface area contributed by atoms with E-state index in [2.05, 4.69) is 27.9 Å². The van der Waals surface area contributed by atoms with Gasteiger partial charge in [0.1, 0.15) is 0 Å². The van der Waals surface area contributed by atoms with Crippen LogP contribution in [0.25, 0.3) is 0 Å². The van der Waals surface area contributed by atoms with Crippen LogP contribution in [0.4, 0.5) is 0 Å². The minimum absolute atomic E-state index is 1.25. The van der Waals surface area contributed by atoms with Gasteiger partial charge in [0.2, 0.25) is 0 Å². The van der Waals surface area contributed by atoms with Crippen LogP contribution in [-0.2, 0) is 0 Å². The lowest BCUT2D eigenvalue weighted by molar-refractivity contribution is -0.890. The smallest absolute Gasteiger partial charge is 0.0782 e. The van der Waals surface area contributed by atoms with Crippen molar-refractivity contribution in [3.8, 4) is 0 Å². The third kappa shape index (κ3) is 28.1. The van der Waals surface area contributed by atoms with E-state index in [9.17, 15) is 0 Å². The third-order valence-corrected chi connectivity index (χ3v) is 7.73. The quantitative estimate of drug-likeness (QED) is 0.0794. The summed E-state index contributed by atoms with van der Waals surface area (Å²) in [5, 5.41) is 0. The minimum atomic E-state index is 1.25. The van der Waals surface area contributed by atoms with Crippen molar-refractivity contribution in [2.24, 2.45) is 0 Å². The molecule has 0 rings (SSSR count). The summed E-state index contributed by atoms with van der Waals surface area (Å²) < 4.78 is 1.25. The molecule has 0 saturated carbocycles. The van der Waals surface area contributed by atoms with E-state index in [1.165, 1.54) is 185 Å². The van der Waals surface area contributed by atoms with E-state index in [1.54, 1.807) is 0 Å². The summed E-state index contributed by atoms with van der Waals surface area (Å²) in [4.78, 5) is 0. The first-order valence-electron chi connectivity index (χ1n) is 15.9. The highest BCUT2D eigenvalue weighted by molar-refractivity contribution is 4.51. The fraction of sp³-hybridized carbons (Fsp3) is 1.00. The van der Waals surface area contributed by atoms with Crippen molar-refractivity contribution in [2.45, 2.75) is 181 Å². The normalized spacial score (nSPS) is 12.0. The number of hydrogen-bond donors (Lipinski definition) is 0. The van der Waals surface area contributed by atoms with E-state index in [4.69, 9.17) is 0 Å². The van der Waals surface area contributed by atoms with Crippen molar-refractivity contribution in [1.82, 2.24) is 0 Å². The summed E-state index contributed by atoms with van der Waals surface area (Å²) in [5.41, 5.74) is 0. The number of rotatable bonds is 28. The summed E-state index contributed by atoms with van der Waals surface area (Å²) in [6, 6.07) is 0. The first-order valence-corrected chi connectivity index (χ1v) is 15.9. The van der Waals surface area contributed by atoms with Crippen LogP contribution in [0.2, 0.25) is 0 Å². The van der Waals surface area contributed by atoms with E-state index >= 15 is 0 Å². The largest absolute Gasteiger partial charge is 0.328 e. The Hall–Kier alpha value is -0.0400. The van der Waals surface area contributed by atoms with Crippen LogP contribution in [0, 0.1) is 0 Å². The van der Waals surface area contributed by atoms with Crippen LogP contribution in [0.1, 0.15) is 181 Å². The Balaban J connectivity index is 3.27. The molecule has 0 fully saturated rings. The molecule has 0 aromatic heterocycles. The molecule has 1 heteroatoms. The molecule has 0 aliphatic carbocycles. The van der Waals surface area contributed by atoms with Crippen molar-refractivity contribution >= 4 is 0 Å². The fourth-order valence-electron chi connectivity index (χ4n) is 5.23. The lowest BCUT2D eigenvalue weighted by atomic mass is 10.0. The molecule has 0 N–H and O–H groups in total. The average molecular weight is 467 g/mol. The lowest BCUT2D eigenvalue weighted by Gasteiger charge is -2.30. The van der Waals surface area contributed by atoms with Crippen LogP contribution in [0.15, 0.2) is 0 Å². The van der Waals surface area contributed by atoms with Crippen LogP contribution in [-0.4, -0.2) is 31.7 Å². The van der Waals surface area contributed by atoms with E-state index in [0.717, 1.165) is 0 Å². The molecule has 0 aliphatic heterocycles. The molecule has 0 bridgehead atoms. The number of hydrogen-bond acceptors (Lipinski definition) is 0. The molecule has 0 atom stereocenters. The van der Waals surface area contributed by atoms with Crippen LogP contribution >= 0.6 is 0 Å². The van der Waals surface area contributed by atoms with Gasteiger partial charge in [-0.2, -0.15) is 0 Å². The molecule has 0 aromatic carbocycles. The Morgan fingerprint density at radius 2 is 0.455 bits per heavy atom. The Labute approximate surface area is 212 Å². The lowest BCUT2D eigenvalue weighted by Crippen LogP contribution is -2.41. The molecule has 0 aliphatic rings. The second kappa shape index (κ2) is 26.6. The first-order chi connectivity index (χ1) is 16.1. The molecular formula is C32H68N+. The van der Waals surface area contributed by atoms with Gasteiger partial charge in [-0.25, -0.2) is 0 Å². The average Bonchev–Trinajstić information content (AvgIpc) is 2.80. The van der Waals surface area contributed by atoms with E-state index in [0.29, 0.717) is 0 Å². The zero-order valence-electron chi connectivity index (χ0n) is 24.2. The van der Waals surface area contributed by atoms with Crippen molar-refractivity contribution < 1.29 is 4.48 Å². The van der Waals surface area contributed by atoms with Gasteiger partial charge >= 0.3 is 0 Å². The van der Waals surface area contributed by atoms with Gasteiger partial charge in [0.15, 0.2) is 0 Å². The molecule has 0 unspecified atom stereocenters. The standard InChI is InChI=1S/C32H68N/c1-5-7-9-11-13-15-17-18-19-20-21-22-24-26-28-30-32-33(3,4)31-29-27-25-23-16-14-12-10-8-6-2/h5-32H2,1-4H3/q+1. The molecule has 0 aromatic rings. The van der Waals surface area contributed by atoms with E-state index in [-0.39, 0.29) is 0 Å². The molecule has 33 heavy (non-hydrogen) atoms. The van der Waals surface area contributed by atoms with Crippen LogP contribution in [0.3, 0.4) is 0 Å². The molecule has 0 spiro atoms. The second-order valence-electron chi connectivity index (χ2n) is 11.9. The monoisotopic (exact) mass is 467 g/mol. The second-order valence-corrected chi connectivity index (χ2v) is 11.9. The number of unbranched alkanes of at least 4 members (excludes halogenated alkanes) is 24. The molecule has 200 valence electrons. The molecule has 0 saturated heterocycles. The van der Waals surface area contributed by atoms with Gasteiger partial charge in [-0.3, -0.25) is 0 Å². The molecule has 0 heterocycles. The van der Waals surface area contributed by atoms with Gasteiger partial charge in [0.25, 0.3) is 0 Å². The van der Waals surface area contributed by atoms with Crippen molar-refractivity contribution in [1.29, 1.82) is 0 Å². The highest BCUT2D eigenvalue weighted by atomic mass is 15.3. The van der Waals surface area contributed by atoms with Crippen molar-refractivity contribution in [2.75, 3.05) is 27.2 Å². The van der Waals surface area contributed by atoms with E-state index in [1.807, 2.05) is 0 Å². The number of nitrogens with zero attached hydrogens (tertiary/aromatic N) is 1. The summed E-state index contributed by atoms with van der Waals surface area (Å²) >= 11 is 0. The summed E-state index contributed by atoms with van der Waals surface area (Å²) in [7, 11) is 4.91. The number of quaternary nitrogens is 1. The Kier molecular flexibility index (Phi) is 26.5. The topological polar surface area (TPSA) is 0 Å². The summed E-state index contributed by atoms with van der Waals surface area (Å²) in [6.45, 7) is 7.38. The Bertz CT molecular complexity index is 348. The van der Waals surface area contributed by atoms with Gasteiger partial charge in [-0.05, 0) is 25.7 Å². The van der Waals surface area contributed by atoms with Crippen molar-refractivity contribution in [3.63, 3.8) is 0 Å². The predicted octanol–water partition coefficient (Wildman–Crippen LogP) is 11.2. The maximum atomic E-state index is 2.46. The van der Waals surface area contributed by atoms with Crippen molar-refractivity contribution in [3.05, 3.63) is 0 Å². The zero-order chi connectivity index (χ0) is 24.3. The maximum absolute atomic E-state index is 2.46. The van der Waals surface area contributed by atoms with Gasteiger partial charge in [0.05, 0.1) is 27.2 Å². The Morgan fingerprint density at radius 3 is 0.667 bits per heavy atom. The minimum Gasteiger partial charge on any atom is -0.328 e. The third-order valence-electron chi connectivity index (χ3n) is 7.73. The highest BCUT2D eigenvalue weighted by Gasteiger charge is 2.13. The van der Waals surface area contributed by atoms with Crippen LogP contribution in [0.5, 0.6) is 0 Å². The SMILES string of the molecule is CCCCCCCCCCCCCCCCCC[N+](C)(C)CCCCCCCCCCCC. The molecular weight excluding hydrogens is 398 g/mol. The maximum Gasteiger partial charge on any atom is 0.0782 e. The van der Waals surface area contributed by atoms with Gasteiger partial charge in [0, 0.05) is 0 Å². The Morgan fingerprint density at radius 1 is 0.273 bits per heavy atom. The van der Waals surface area contributed by atoms with Crippen LogP contribution < -0.4 is 0 Å². The molecule has 1 nitrogen and oxygen atoms in total. The van der Waals surface area contributed by atoms with Gasteiger partial charge in [-0.1, -0.05) is 155 Å². The zero-order valence-corrected chi connectivity index (χ0v) is 24.2. The summed E-state index contributed by atoms with van der Waals surface area (Å²) in [5.74, 6) is 0. The highest BCUT2D eigenvalue weighted by Crippen LogP contribution is 2.15. The predicted molar refractivity (Wildman–Crippen MR) is 153 cm³/mol. The first kappa shape index (κ1) is 33.0.